The monoisotopic (exact) mass is 734 g/mol. The molecular formula is C48H50N2O5. The van der Waals surface area contributed by atoms with Crippen LogP contribution < -0.4 is 14.8 Å². The molecule has 1 spiro atoms. The number of amides is 1. The zero-order chi connectivity index (χ0) is 38.7. The molecule has 7 heteroatoms. The standard InChI is InChI=1S/C48H50N2O5/c1-5-25-54-39-20-22-41(43(27-39)55-29-44(51)50-47(30-49)23-6-7-24-47)45(52)38-10-8-9-37(26-38)35-14-12-33(13-15-35)34-16-18-36(19-17-34)42-28-48(42)32(4)11-21-40(31(2)3)46(48)53/h5,8-10,12-20,22,26-27,31-32,42,53H,1,6-7,11,21,23-25,28-29H2,2-4H3,(H,50,51). The summed E-state index contributed by atoms with van der Waals surface area (Å²) in [4.78, 5) is 26.9. The second kappa shape index (κ2) is 15.6. The van der Waals surface area contributed by atoms with E-state index < -0.39 is 11.4 Å². The number of nitriles is 1. The lowest BCUT2D eigenvalue weighted by Gasteiger charge is -2.33. The highest BCUT2D eigenvalue weighted by Crippen LogP contribution is 2.70. The molecule has 1 amide bonds. The van der Waals surface area contributed by atoms with E-state index in [4.69, 9.17) is 9.47 Å². The third kappa shape index (κ3) is 7.56. The molecule has 0 aromatic heterocycles. The molecule has 2 saturated carbocycles. The largest absolute Gasteiger partial charge is 0.512 e. The number of carbonyl (C=O) groups is 2. The van der Waals surface area contributed by atoms with Gasteiger partial charge in [-0.25, -0.2) is 0 Å². The Kier molecular flexibility index (Phi) is 10.7. The first-order valence-electron chi connectivity index (χ1n) is 19.6. The molecule has 0 saturated heterocycles. The van der Waals surface area contributed by atoms with Gasteiger partial charge in [-0.05, 0) is 114 Å². The van der Waals surface area contributed by atoms with Crippen LogP contribution in [0, 0.1) is 28.6 Å². The fraction of sp³-hybridized carbons (Fsp3) is 0.354. The van der Waals surface area contributed by atoms with Gasteiger partial charge < -0.3 is 19.9 Å². The summed E-state index contributed by atoms with van der Waals surface area (Å²) < 4.78 is 11.6. The fourth-order valence-corrected chi connectivity index (χ4v) is 8.85. The first-order chi connectivity index (χ1) is 26.6. The van der Waals surface area contributed by atoms with Crippen molar-refractivity contribution in [2.45, 2.75) is 77.2 Å². The Hall–Kier alpha value is -5.61. The van der Waals surface area contributed by atoms with Crippen LogP contribution in [0.2, 0.25) is 0 Å². The summed E-state index contributed by atoms with van der Waals surface area (Å²) in [5, 5.41) is 23.9. The van der Waals surface area contributed by atoms with Crippen LogP contribution in [0.3, 0.4) is 0 Å². The van der Waals surface area contributed by atoms with E-state index in [0.29, 0.717) is 53.2 Å². The Morgan fingerprint density at radius 2 is 1.62 bits per heavy atom. The van der Waals surface area contributed by atoms with E-state index in [-0.39, 0.29) is 30.2 Å². The van der Waals surface area contributed by atoms with Gasteiger partial charge >= 0.3 is 0 Å². The Labute approximate surface area is 324 Å². The van der Waals surface area contributed by atoms with Crippen molar-refractivity contribution in [3.05, 3.63) is 132 Å². The number of aliphatic hydroxyl groups excluding tert-OH is 1. The van der Waals surface area contributed by atoms with Crippen molar-refractivity contribution in [3.63, 3.8) is 0 Å². The Balaban J connectivity index is 1.06. The van der Waals surface area contributed by atoms with Crippen LogP contribution >= 0.6 is 0 Å². The number of ketones is 1. The van der Waals surface area contributed by atoms with Gasteiger partial charge in [0.15, 0.2) is 12.4 Å². The zero-order valence-electron chi connectivity index (χ0n) is 32.1. The number of hydrogen-bond donors (Lipinski definition) is 2. The first kappa shape index (κ1) is 37.7. The lowest BCUT2D eigenvalue weighted by atomic mass is 9.73. The molecule has 3 unspecified atom stereocenters. The predicted molar refractivity (Wildman–Crippen MR) is 216 cm³/mol. The number of ether oxygens (including phenoxy) is 2. The molecule has 7 nitrogen and oxygen atoms in total. The summed E-state index contributed by atoms with van der Waals surface area (Å²) in [7, 11) is 0. The van der Waals surface area contributed by atoms with Crippen molar-refractivity contribution in [3.8, 4) is 39.8 Å². The molecular weight excluding hydrogens is 685 g/mol. The molecule has 0 heterocycles. The molecule has 0 radical (unpaired) electrons. The van der Waals surface area contributed by atoms with E-state index >= 15 is 0 Å². The molecule has 0 aliphatic heterocycles. The van der Waals surface area contributed by atoms with Crippen LogP contribution in [0.25, 0.3) is 22.3 Å². The maximum Gasteiger partial charge on any atom is 0.259 e. The molecule has 4 aromatic rings. The highest BCUT2D eigenvalue weighted by Gasteiger charge is 2.62. The average Bonchev–Trinajstić information content (AvgIpc) is 3.79. The molecule has 3 aliphatic rings. The van der Waals surface area contributed by atoms with Crippen molar-refractivity contribution in [2.75, 3.05) is 13.2 Å². The maximum absolute atomic E-state index is 14.0. The Morgan fingerprint density at radius 1 is 0.945 bits per heavy atom. The topological polar surface area (TPSA) is 109 Å². The molecule has 3 aliphatic carbocycles. The molecule has 2 N–H and O–H groups in total. The van der Waals surface area contributed by atoms with E-state index in [0.717, 1.165) is 54.4 Å². The van der Waals surface area contributed by atoms with E-state index in [2.05, 4.69) is 87.3 Å². The van der Waals surface area contributed by atoms with E-state index in [1.54, 1.807) is 30.3 Å². The number of allylic oxidation sites excluding steroid dienone is 2. The molecule has 282 valence electrons. The number of nitrogens with one attached hydrogen (secondary N) is 1. The van der Waals surface area contributed by atoms with Gasteiger partial charge in [0, 0.05) is 17.0 Å². The van der Waals surface area contributed by atoms with Crippen LogP contribution in [-0.4, -0.2) is 35.5 Å². The number of nitrogens with zero attached hydrogens (tertiary/aromatic N) is 1. The summed E-state index contributed by atoms with van der Waals surface area (Å²) in [6.07, 6.45) is 7.76. The van der Waals surface area contributed by atoms with Gasteiger partial charge in [-0.15, -0.1) is 0 Å². The van der Waals surface area contributed by atoms with Gasteiger partial charge in [-0.1, -0.05) is 100 Å². The predicted octanol–water partition coefficient (Wildman–Crippen LogP) is 10.5. The van der Waals surface area contributed by atoms with Crippen LogP contribution in [0.1, 0.15) is 93.1 Å². The molecule has 0 bridgehead atoms. The number of benzene rings is 4. The second-order valence-corrected chi connectivity index (χ2v) is 15.9. The summed E-state index contributed by atoms with van der Waals surface area (Å²) in [5.74, 6) is 1.89. The van der Waals surface area contributed by atoms with Crippen molar-refractivity contribution in [1.82, 2.24) is 5.32 Å². The molecule has 3 atom stereocenters. The maximum atomic E-state index is 14.0. The summed E-state index contributed by atoms with van der Waals surface area (Å²) in [6, 6.07) is 31.9. The number of rotatable bonds is 13. The van der Waals surface area contributed by atoms with Crippen LogP contribution in [0.4, 0.5) is 0 Å². The Bertz CT molecular complexity index is 2150. The zero-order valence-corrected chi connectivity index (χ0v) is 32.1. The highest BCUT2D eigenvalue weighted by molar-refractivity contribution is 6.11. The van der Waals surface area contributed by atoms with Crippen LogP contribution in [-0.2, 0) is 4.79 Å². The van der Waals surface area contributed by atoms with Gasteiger partial charge in [0.1, 0.15) is 23.6 Å². The van der Waals surface area contributed by atoms with Gasteiger partial charge in [0.05, 0.1) is 17.4 Å². The molecule has 2 fully saturated rings. The lowest BCUT2D eigenvalue weighted by molar-refractivity contribution is -0.124. The summed E-state index contributed by atoms with van der Waals surface area (Å²) >= 11 is 0. The third-order valence-corrected chi connectivity index (χ3v) is 12.1. The Morgan fingerprint density at radius 3 is 2.27 bits per heavy atom. The summed E-state index contributed by atoms with van der Waals surface area (Å²) in [5.41, 5.74) is 6.42. The van der Waals surface area contributed by atoms with Crippen molar-refractivity contribution >= 4 is 11.7 Å². The quantitative estimate of drug-likeness (QED) is 0.105. The fourth-order valence-electron chi connectivity index (χ4n) is 8.85. The molecule has 55 heavy (non-hydrogen) atoms. The molecule has 4 aromatic carbocycles. The summed E-state index contributed by atoms with van der Waals surface area (Å²) in [6.45, 7) is 10.3. The van der Waals surface area contributed by atoms with Crippen molar-refractivity contribution in [2.24, 2.45) is 17.3 Å². The first-order valence-corrected chi connectivity index (χ1v) is 19.6. The third-order valence-electron chi connectivity index (χ3n) is 12.1. The minimum atomic E-state index is -0.869. The molecule has 7 rings (SSSR count). The number of hydrogen-bond acceptors (Lipinski definition) is 6. The normalized spacial score (nSPS) is 21.2. The van der Waals surface area contributed by atoms with Crippen LogP contribution in [0.15, 0.2) is 115 Å². The SMILES string of the molecule is C=CCOc1ccc(C(=O)c2cccc(-c3ccc(-c4ccc(C5CC56C(O)=C(C(C)C)CCC6C)cc4)cc3)c2)c(OCC(=O)NC2(C#N)CCCC2)c1. The highest BCUT2D eigenvalue weighted by atomic mass is 16.5. The van der Waals surface area contributed by atoms with Gasteiger partial charge in [-0.2, -0.15) is 5.26 Å². The second-order valence-electron chi connectivity index (χ2n) is 15.9. The van der Waals surface area contributed by atoms with Gasteiger partial charge in [-0.3, -0.25) is 9.59 Å². The van der Waals surface area contributed by atoms with Gasteiger partial charge in [0.25, 0.3) is 5.91 Å². The van der Waals surface area contributed by atoms with Crippen molar-refractivity contribution < 1.29 is 24.2 Å². The lowest BCUT2D eigenvalue weighted by Crippen LogP contribution is -2.47. The minimum Gasteiger partial charge on any atom is -0.512 e. The average molecular weight is 735 g/mol. The van der Waals surface area contributed by atoms with E-state index in [1.165, 1.54) is 11.1 Å². The van der Waals surface area contributed by atoms with E-state index in [1.807, 2.05) is 18.2 Å². The minimum absolute atomic E-state index is 0.109. The van der Waals surface area contributed by atoms with E-state index in [9.17, 15) is 20.0 Å². The number of aliphatic hydroxyl groups is 1. The smallest absolute Gasteiger partial charge is 0.259 e. The number of carbonyl (C=O) groups excluding carboxylic acids is 2. The van der Waals surface area contributed by atoms with Crippen molar-refractivity contribution in [1.29, 1.82) is 5.26 Å². The van der Waals surface area contributed by atoms with Gasteiger partial charge in [0.2, 0.25) is 0 Å². The van der Waals surface area contributed by atoms with Crippen LogP contribution in [0.5, 0.6) is 11.5 Å².